The van der Waals surface area contributed by atoms with Crippen molar-refractivity contribution in [1.29, 1.82) is 0 Å². The van der Waals surface area contributed by atoms with Crippen molar-refractivity contribution in [1.82, 2.24) is 10.2 Å². The molecule has 1 saturated heterocycles. The third kappa shape index (κ3) is 3.97. The lowest BCUT2D eigenvalue weighted by Crippen LogP contribution is -2.33. The van der Waals surface area contributed by atoms with Gasteiger partial charge in [0.1, 0.15) is 5.82 Å². The number of nitrogens with one attached hydrogen (secondary N) is 1. The highest BCUT2D eigenvalue weighted by Gasteiger charge is 2.25. The third-order valence-corrected chi connectivity index (χ3v) is 4.19. The van der Waals surface area contributed by atoms with Gasteiger partial charge in [0.25, 0.3) is 5.91 Å². The first kappa shape index (κ1) is 16.7. The number of rotatable bonds is 3. The van der Waals surface area contributed by atoms with Crippen molar-refractivity contribution in [3.8, 4) is 0 Å². The van der Waals surface area contributed by atoms with Crippen LogP contribution in [0, 0.1) is 11.7 Å². The van der Waals surface area contributed by atoms with Gasteiger partial charge in [0.2, 0.25) is 5.91 Å². The highest BCUT2D eigenvalue weighted by Crippen LogP contribution is 2.21. The summed E-state index contributed by atoms with van der Waals surface area (Å²) in [7, 11) is 0. The molecule has 0 bridgehead atoms. The molecular weight excluding hydrogens is 307 g/mol. The summed E-state index contributed by atoms with van der Waals surface area (Å²) in [5.41, 5.74) is 0.378. The minimum atomic E-state index is -0.537. The zero-order chi connectivity index (χ0) is 16.1. The van der Waals surface area contributed by atoms with Crippen molar-refractivity contribution in [2.45, 2.75) is 26.2 Å². The van der Waals surface area contributed by atoms with E-state index in [0.29, 0.717) is 31.6 Å². The van der Waals surface area contributed by atoms with Crippen LogP contribution in [-0.4, -0.2) is 36.3 Å². The molecule has 1 aliphatic rings. The number of hydrogen-bond donors (Lipinski definition) is 1. The Morgan fingerprint density at radius 3 is 2.82 bits per heavy atom. The van der Waals surface area contributed by atoms with Gasteiger partial charge in [-0.05, 0) is 44.4 Å². The standard InChI is InChI=1S/C16H20ClFN2O2/c1-2-19-15(21)11-4-3-8-20(9-7-11)16(22)12-5-6-14(18)13(17)10-12/h5-6,10-11H,2-4,7-9H2,1H3,(H,19,21). The second-order valence-corrected chi connectivity index (χ2v) is 5.85. The summed E-state index contributed by atoms with van der Waals surface area (Å²) in [6.07, 6.45) is 2.20. The maximum atomic E-state index is 13.2. The average Bonchev–Trinajstić information content (AvgIpc) is 2.75. The molecule has 1 N–H and O–H groups in total. The lowest BCUT2D eigenvalue weighted by Gasteiger charge is -2.20. The van der Waals surface area contributed by atoms with E-state index < -0.39 is 5.82 Å². The molecule has 0 spiro atoms. The fraction of sp³-hybridized carbons (Fsp3) is 0.500. The van der Waals surface area contributed by atoms with Crippen LogP contribution in [0.15, 0.2) is 18.2 Å². The molecule has 120 valence electrons. The number of hydrogen-bond acceptors (Lipinski definition) is 2. The summed E-state index contributed by atoms with van der Waals surface area (Å²) in [5.74, 6) is -0.694. The van der Waals surface area contributed by atoms with E-state index in [-0.39, 0.29) is 22.8 Å². The summed E-state index contributed by atoms with van der Waals surface area (Å²) in [5, 5.41) is 2.78. The zero-order valence-electron chi connectivity index (χ0n) is 12.6. The number of carbonyl (C=O) groups is 2. The molecule has 1 aliphatic heterocycles. The molecule has 1 aromatic rings. The van der Waals surface area contributed by atoms with Crippen LogP contribution >= 0.6 is 11.6 Å². The van der Waals surface area contributed by atoms with Gasteiger partial charge in [-0.1, -0.05) is 11.6 Å². The third-order valence-electron chi connectivity index (χ3n) is 3.90. The normalized spacial score (nSPS) is 18.7. The molecule has 1 atom stereocenters. The minimum Gasteiger partial charge on any atom is -0.356 e. The van der Waals surface area contributed by atoms with E-state index in [1.54, 1.807) is 4.90 Å². The van der Waals surface area contributed by atoms with E-state index in [4.69, 9.17) is 11.6 Å². The fourth-order valence-corrected chi connectivity index (χ4v) is 2.87. The molecule has 0 radical (unpaired) electrons. The molecule has 1 heterocycles. The van der Waals surface area contributed by atoms with E-state index in [0.717, 1.165) is 12.8 Å². The molecule has 1 fully saturated rings. The van der Waals surface area contributed by atoms with Crippen molar-refractivity contribution in [3.63, 3.8) is 0 Å². The quantitative estimate of drug-likeness (QED) is 0.928. The summed E-state index contributed by atoms with van der Waals surface area (Å²) in [6, 6.07) is 3.99. The molecule has 0 saturated carbocycles. The summed E-state index contributed by atoms with van der Waals surface area (Å²) < 4.78 is 13.2. The van der Waals surface area contributed by atoms with Gasteiger partial charge in [0.15, 0.2) is 0 Å². The second-order valence-electron chi connectivity index (χ2n) is 5.44. The Kier molecular flexibility index (Phi) is 5.77. The molecule has 4 nitrogen and oxygen atoms in total. The Labute approximate surface area is 134 Å². The van der Waals surface area contributed by atoms with Gasteiger partial charge in [-0.2, -0.15) is 0 Å². The first-order valence-corrected chi connectivity index (χ1v) is 7.92. The van der Waals surface area contributed by atoms with Crippen LogP contribution in [0.4, 0.5) is 4.39 Å². The molecule has 6 heteroatoms. The SMILES string of the molecule is CCNC(=O)C1CCCN(C(=O)c2ccc(F)c(Cl)c2)CC1. The topological polar surface area (TPSA) is 49.4 Å². The van der Waals surface area contributed by atoms with Gasteiger partial charge in [-0.3, -0.25) is 9.59 Å². The molecule has 22 heavy (non-hydrogen) atoms. The average molecular weight is 327 g/mol. The van der Waals surface area contributed by atoms with E-state index in [1.165, 1.54) is 18.2 Å². The molecule has 2 rings (SSSR count). The van der Waals surface area contributed by atoms with E-state index in [9.17, 15) is 14.0 Å². The van der Waals surface area contributed by atoms with E-state index >= 15 is 0 Å². The van der Waals surface area contributed by atoms with Gasteiger partial charge in [-0.25, -0.2) is 4.39 Å². The number of benzene rings is 1. The van der Waals surface area contributed by atoms with Gasteiger partial charge in [0.05, 0.1) is 5.02 Å². The Bertz CT molecular complexity index is 565. The highest BCUT2D eigenvalue weighted by molar-refractivity contribution is 6.31. The number of nitrogens with zero attached hydrogens (tertiary/aromatic N) is 1. The van der Waals surface area contributed by atoms with Crippen LogP contribution in [0.3, 0.4) is 0 Å². The van der Waals surface area contributed by atoms with Crippen molar-refractivity contribution in [2.24, 2.45) is 5.92 Å². The van der Waals surface area contributed by atoms with Gasteiger partial charge in [0, 0.05) is 31.1 Å². The van der Waals surface area contributed by atoms with Crippen LogP contribution in [0.5, 0.6) is 0 Å². The zero-order valence-corrected chi connectivity index (χ0v) is 13.3. The predicted molar refractivity (Wildman–Crippen MR) is 83.3 cm³/mol. The van der Waals surface area contributed by atoms with Crippen LogP contribution in [-0.2, 0) is 4.79 Å². The fourth-order valence-electron chi connectivity index (χ4n) is 2.69. The van der Waals surface area contributed by atoms with Crippen LogP contribution in [0.25, 0.3) is 0 Å². The van der Waals surface area contributed by atoms with Crippen molar-refractivity contribution in [2.75, 3.05) is 19.6 Å². The molecule has 2 amide bonds. The van der Waals surface area contributed by atoms with Crippen LogP contribution < -0.4 is 5.32 Å². The van der Waals surface area contributed by atoms with Crippen molar-refractivity contribution >= 4 is 23.4 Å². The van der Waals surface area contributed by atoms with Crippen LogP contribution in [0.1, 0.15) is 36.5 Å². The first-order valence-electron chi connectivity index (χ1n) is 7.55. The van der Waals surface area contributed by atoms with Gasteiger partial charge < -0.3 is 10.2 Å². The number of halogens is 2. The summed E-state index contributed by atoms with van der Waals surface area (Å²) >= 11 is 5.73. The maximum Gasteiger partial charge on any atom is 0.253 e. The number of amides is 2. The Morgan fingerprint density at radius 2 is 2.14 bits per heavy atom. The van der Waals surface area contributed by atoms with Crippen molar-refractivity contribution in [3.05, 3.63) is 34.6 Å². The lowest BCUT2D eigenvalue weighted by atomic mass is 10.00. The van der Waals surface area contributed by atoms with E-state index in [1.807, 2.05) is 6.92 Å². The molecule has 1 unspecified atom stereocenters. The lowest BCUT2D eigenvalue weighted by molar-refractivity contribution is -0.125. The Morgan fingerprint density at radius 1 is 1.36 bits per heavy atom. The molecular formula is C16H20ClFN2O2. The molecule has 0 aliphatic carbocycles. The largest absolute Gasteiger partial charge is 0.356 e. The summed E-state index contributed by atoms with van der Waals surface area (Å²) in [4.78, 5) is 26.1. The Balaban J connectivity index is 2.02. The highest BCUT2D eigenvalue weighted by atomic mass is 35.5. The smallest absolute Gasteiger partial charge is 0.253 e. The van der Waals surface area contributed by atoms with E-state index in [2.05, 4.69) is 5.32 Å². The van der Waals surface area contributed by atoms with Crippen LogP contribution in [0.2, 0.25) is 5.02 Å². The summed E-state index contributed by atoms with van der Waals surface area (Å²) in [6.45, 7) is 3.63. The van der Waals surface area contributed by atoms with Gasteiger partial charge in [-0.15, -0.1) is 0 Å². The number of likely N-dealkylation sites (tertiary alicyclic amines) is 1. The maximum absolute atomic E-state index is 13.2. The van der Waals surface area contributed by atoms with Gasteiger partial charge >= 0.3 is 0 Å². The second kappa shape index (κ2) is 7.58. The monoisotopic (exact) mass is 326 g/mol. The predicted octanol–water partition coefficient (Wildman–Crippen LogP) is 2.86. The minimum absolute atomic E-state index is 0.0467. The Hall–Kier alpha value is -1.62. The first-order chi connectivity index (χ1) is 10.5. The molecule has 1 aromatic carbocycles. The van der Waals surface area contributed by atoms with Crippen molar-refractivity contribution < 1.29 is 14.0 Å². The molecule has 0 aromatic heterocycles. The number of carbonyl (C=O) groups excluding carboxylic acids is 2.